The lowest BCUT2D eigenvalue weighted by atomic mass is 9.83. The summed E-state index contributed by atoms with van der Waals surface area (Å²) in [5.74, 6) is 6.54. The molecule has 0 atom stereocenters. The predicted octanol–water partition coefficient (Wildman–Crippen LogP) is 1.72. The van der Waals surface area contributed by atoms with Gasteiger partial charge in [-0.25, -0.2) is 11.4 Å². The lowest BCUT2D eigenvalue weighted by Crippen LogP contribution is -2.46. The fourth-order valence-electron chi connectivity index (χ4n) is 3.68. The molecule has 1 fully saturated rings. The Balaban J connectivity index is 1.82. The Labute approximate surface area is 152 Å². The fraction of sp³-hybridized carbons (Fsp3) is 0.250. The molecule has 2 aliphatic rings. The van der Waals surface area contributed by atoms with E-state index in [1.54, 1.807) is 0 Å². The molecule has 134 valence electrons. The summed E-state index contributed by atoms with van der Waals surface area (Å²) in [6.07, 6.45) is 4.18. The zero-order valence-electron chi connectivity index (χ0n) is 14.5. The summed E-state index contributed by atoms with van der Waals surface area (Å²) in [5, 5.41) is 7.29. The number of rotatable bonds is 3. The van der Waals surface area contributed by atoms with Crippen molar-refractivity contribution < 1.29 is 4.74 Å². The van der Waals surface area contributed by atoms with E-state index in [1.165, 1.54) is 5.57 Å². The summed E-state index contributed by atoms with van der Waals surface area (Å²) in [6, 6.07) is 16.2. The summed E-state index contributed by atoms with van der Waals surface area (Å²) < 4.78 is 6.44. The van der Waals surface area contributed by atoms with Gasteiger partial charge in [0.25, 0.3) is 0 Å². The van der Waals surface area contributed by atoms with Crippen LogP contribution in [0.1, 0.15) is 29.5 Å². The number of para-hydroxylation sites is 1. The van der Waals surface area contributed by atoms with Crippen LogP contribution in [0, 0.1) is 0 Å². The summed E-state index contributed by atoms with van der Waals surface area (Å²) in [4.78, 5) is 0. The van der Waals surface area contributed by atoms with Crippen molar-refractivity contribution >= 4 is 11.4 Å². The van der Waals surface area contributed by atoms with Gasteiger partial charge in [0, 0.05) is 24.0 Å². The zero-order valence-corrected chi connectivity index (χ0v) is 14.5. The maximum Gasteiger partial charge on any atom is 0.152 e. The van der Waals surface area contributed by atoms with Crippen LogP contribution in [0.3, 0.4) is 0 Å². The first-order valence-electron chi connectivity index (χ1n) is 8.82. The molecule has 6 N–H and O–H groups in total. The number of nitrogens with two attached hydrogens (primary N) is 2. The van der Waals surface area contributed by atoms with Crippen LogP contribution in [-0.2, 0) is 0 Å². The molecule has 0 amide bonds. The molecule has 0 saturated carbocycles. The van der Waals surface area contributed by atoms with Crippen molar-refractivity contribution in [1.29, 1.82) is 0 Å². The summed E-state index contributed by atoms with van der Waals surface area (Å²) >= 11 is 0. The van der Waals surface area contributed by atoms with Crippen molar-refractivity contribution in [3.63, 3.8) is 0 Å². The highest BCUT2D eigenvalue weighted by molar-refractivity contribution is 5.98. The molecule has 2 aromatic rings. The van der Waals surface area contributed by atoms with Crippen LogP contribution < -0.4 is 27.2 Å². The highest BCUT2D eigenvalue weighted by Gasteiger charge is 2.36. The van der Waals surface area contributed by atoms with E-state index in [1.807, 2.05) is 36.4 Å². The number of hydrazone groups is 1. The van der Waals surface area contributed by atoms with Crippen molar-refractivity contribution in [3.05, 3.63) is 71.3 Å². The van der Waals surface area contributed by atoms with Gasteiger partial charge in [-0.1, -0.05) is 36.4 Å². The van der Waals surface area contributed by atoms with E-state index < -0.39 is 0 Å². The molecule has 6 heteroatoms. The topological polar surface area (TPSA) is 97.7 Å². The Kier molecular flexibility index (Phi) is 4.36. The third kappa shape index (κ3) is 3.05. The number of fused-ring (bicyclic) bond motifs is 1. The van der Waals surface area contributed by atoms with E-state index in [-0.39, 0.29) is 5.60 Å². The van der Waals surface area contributed by atoms with Crippen molar-refractivity contribution in [3.8, 4) is 5.75 Å². The van der Waals surface area contributed by atoms with Gasteiger partial charge in [-0.15, -0.1) is 5.10 Å². The maximum absolute atomic E-state index is 6.44. The first-order chi connectivity index (χ1) is 12.7. The van der Waals surface area contributed by atoms with Crippen LogP contribution in [0.25, 0.3) is 5.57 Å². The minimum atomic E-state index is -0.261. The number of benzene rings is 2. The molecule has 1 spiro atoms. The standard InChI is InChI=1S/C20H23N5O/c21-19(24-25-22)15-5-3-4-14(12-15)17-13-20(8-10-23-11-9-20)26-18-7-2-1-6-16(17)18/h1-7,12-13,23,25H,8-11,22H2,(H2,21,24). The van der Waals surface area contributed by atoms with Crippen molar-refractivity contribution in [2.24, 2.45) is 16.7 Å². The smallest absolute Gasteiger partial charge is 0.152 e. The zero-order chi connectivity index (χ0) is 18.0. The second-order valence-corrected chi connectivity index (χ2v) is 6.68. The van der Waals surface area contributed by atoms with Gasteiger partial charge < -0.3 is 15.8 Å². The van der Waals surface area contributed by atoms with Gasteiger partial charge >= 0.3 is 0 Å². The van der Waals surface area contributed by atoms with Crippen molar-refractivity contribution in [2.75, 3.05) is 13.1 Å². The second-order valence-electron chi connectivity index (χ2n) is 6.68. The molecular formula is C20H23N5O. The number of hydrogen-bond donors (Lipinski definition) is 4. The number of piperidine rings is 1. The largest absolute Gasteiger partial charge is 0.482 e. The highest BCUT2D eigenvalue weighted by atomic mass is 16.5. The second kappa shape index (κ2) is 6.82. The molecule has 2 aliphatic heterocycles. The molecule has 0 unspecified atom stereocenters. The van der Waals surface area contributed by atoms with Gasteiger partial charge in [-0.2, -0.15) is 0 Å². The average Bonchev–Trinajstić information content (AvgIpc) is 2.68. The number of ether oxygens (including phenoxy) is 1. The van der Waals surface area contributed by atoms with Gasteiger partial charge in [0.05, 0.1) is 0 Å². The predicted molar refractivity (Wildman–Crippen MR) is 103 cm³/mol. The average molecular weight is 349 g/mol. The lowest BCUT2D eigenvalue weighted by molar-refractivity contribution is 0.0817. The van der Waals surface area contributed by atoms with E-state index in [4.69, 9.17) is 16.3 Å². The molecule has 2 aromatic carbocycles. The van der Waals surface area contributed by atoms with E-state index in [9.17, 15) is 0 Å². The van der Waals surface area contributed by atoms with Crippen molar-refractivity contribution in [2.45, 2.75) is 18.4 Å². The number of hydrazine groups is 1. The lowest BCUT2D eigenvalue weighted by Gasteiger charge is -2.40. The van der Waals surface area contributed by atoms with Gasteiger partial charge in [0.2, 0.25) is 0 Å². The Morgan fingerprint density at radius 3 is 2.73 bits per heavy atom. The van der Waals surface area contributed by atoms with Gasteiger partial charge in [-0.3, -0.25) is 0 Å². The fourth-order valence-corrected chi connectivity index (χ4v) is 3.68. The molecule has 1 saturated heterocycles. The molecule has 26 heavy (non-hydrogen) atoms. The van der Waals surface area contributed by atoms with E-state index in [0.717, 1.165) is 48.4 Å². The molecular weight excluding hydrogens is 326 g/mol. The molecule has 0 aliphatic carbocycles. The number of nitrogens with zero attached hydrogens (tertiary/aromatic N) is 1. The van der Waals surface area contributed by atoms with Crippen LogP contribution in [0.4, 0.5) is 0 Å². The Hall–Kier alpha value is -2.83. The Morgan fingerprint density at radius 1 is 1.12 bits per heavy atom. The molecule has 6 nitrogen and oxygen atoms in total. The molecule has 4 rings (SSSR count). The van der Waals surface area contributed by atoms with Gasteiger partial charge in [0.15, 0.2) is 5.84 Å². The van der Waals surface area contributed by atoms with Gasteiger partial charge in [-0.05, 0) is 42.4 Å². The highest BCUT2D eigenvalue weighted by Crippen LogP contribution is 2.42. The minimum absolute atomic E-state index is 0.261. The van der Waals surface area contributed by atoms with E-state index in [0.29, 0.717) is 5.84 Å². The van der Waals surface area contributed by atoms with Crippen molar-refractivity contribution in [1.82, 2.24) is 10.9 Å². The minimum Gasteiger partial charge on any atom is -0.482 e. The summed E-state index contributed by atoms with van der Waals surface area (Å²) in [5.41, 5.74) is 12.2. The van der Waals surface area contributed by atoms with Crippen LogP contribution in [0.5, 0.6) is 5.75 Å². The SMILES string of the molecule is NN/N=C(\N)c1cccc(C2=CC3(CCNCC3)Oc3ccccc32)c1. The molecule has 0 bridgehead atoms. The Morgan fingerprint density at radius 2 is 1.92 bits per heavy atom. The monoisotopic (exact) mass is 349 g/mol. The first-order valence-corrected chi connectivity index (χ1v) is 8.82. The number of nitrogens with one attached hydrogen (secondary N) is 2. The number of hydrogen-bond acceptors (Lipinski definition) is 5. The van der Waals surface area contributed by atoms with Crippen LogP contribution in [0.15, 0.2) is 59.7 Å². The Bertz CT molecular complexity index is 868. The number of amidine groups is 1. The maximum atomic E-state index is 6.44. The third-order valence-electron chi connectivity index (χ3n) is 5.00. The molecule has 2 heterocycles. The van der Waals surface area contributed by atoms with E-state index >= 15 is 0 Å². The van der Waals surface area contributed by atoms with Crippen LogP contribution in [-0.4, -0.2) is 24.5 Å². The third-order valence-corrected chi connectivity index (χ3v) is 5.00. The molecule has 0 aromatic heterocycles. The van der Waals surface area contributed by atoms with E-state index in [2.05, 4.69) is 34.2 Å². The van der Waals surface area contributed by atoms with Gasteiger partial charge in [0.1, 0.15) is 11.4 Å². The summed E-state index contributed by atoms with van der Waals surface area (Å²) in [6.45, 7) is 1.90. The summed E-state index contributed by atoms with van der Waals surface area (Å²) in [7, 11) is 0. The molecule has 0 radical (unpaired) electrons. The quantitative estimate of drug-likeness (QED) is 0.293. The normalized spacial score (nSPS) is 18.7. The van der Waals surface area contributed by atoms with Crippen LogP contribution >= 0.6 is 0 Å². The first kappa shape index (κ1) is 16.6. The van der Waals surface area contributed by atoms with Crippen LogP contribution in [0.2, 0.25) is 0 Å².